The fourth-order valence-corrected chi connectivity index (χ4v) is 2.53. The molecule has 1 aromatic heterocycles. The van der Waals surface area contributed by atoms with E-state index in [0.717, 1.165) is 0 Å². The number of nitrogens with one attached hydrogen (secondary N) is 1. The zero-order chi connectivity index (χ0) is 19.8. The Labute approximate surface area is 164 Å². The molecule has 1 N–H and O–H groups in total. The Balaban J connectivity index is 2.02. The molecule has 5 nitrogen and oxygen atoms in total. The molecule has 0 aliphatic carbocycles. The molecular weight excluding hydrogens is 432 g/mol. The van der Waals surface area contributed by atoms with E-state index in [1.165, 1.54) is 18.2 Å². The number of aromatic nitrogens is 1. The van der Waals surface area contributed by atoms with Crippen molar-refractivity contribution in [1.82, 2.24) is 5.16 Å². The lowest BCUT2D eigenvalue weighted by molar-refractivity contribution is 0.163. The van der Waals surface area contributed by atoms with Gasteiger partial charge in [-0.3, -0.25) is 5.32 Å². The molecule has 0 unspecified atom stereocenters. The maximum absolute atomic E-state index is 14.2. The molecule has 142 valence electrons. The van der Waals surface area contributed by atoms with Crippen molar-refractivity contribution >= 4 is 57.7 Å². The van der Waals surface area contributed by atoms with Gasteiger partial charge in [0.15, 0.2) is 11.4 Å². The van der Waals surface area contributed by atoms with Crippen LogP contribution >= 0.6 is 34.8 Å². The zero-order valence-corrected chi connectivity index (χ0v) is 15.3. The molecule has 0 saturated heterocycles. The van der Waals surface area contributed by atoms with E-state index in [1.54, 1.807) is 0 Å². The molecule has 0 atom stereocenters. The van der Waals surface area contributed by atoms with Crippen molar-refractivity contribution in [2.75, 3.05) is 11.9 Å². The van der Waals surface area contributed by atoms with Gasteiger partial charge in [0.1, 0.15) is 24.1 Å². The third kappa shape index (κ3) is 4.40. The number of carbonyl (C=O) groups is 1. The van der Waals surface area contributed by atoms with E-state index in [1.807, 2.05) is 0 Å². The summed E-state index contributed by atoms with van der Waals surface area (Å²) in [6.45, 7) is -0.548. The Kier molecular flexibility index (Phi) is 5.41. The number of halogens is 6. The normalized spacial score (nSPS) is 11.6. The van der Waals surface area contributed by atoms with Crippen molar-refractivity contribution in [3.63, 3.8) is 0 Å². The summed E-state index contributed by atoms with van der Waals surface area (Å²) in [5, 5.41) is 5.95. The molecule has 27 heavy (non-hydrogen) atoms. The molecule has 0 spiro atoms. The summed E-state index contributed by atoms with van der Waals surface area (Å²) in [6, 6.07) is 5.34. The van der Waals surface area contributed by atoms with Crippen LogP contribution in [0, 0.1) is 17.5 Å². The fourth-order valence-electron chi connectivity index (χ4n) is 2.37. The molecule has 0 aliphatic heterocycles. The van der Waals surface area contributed by atoms with Crippen LogP contribution < -0.4 is 5.32 Å². The number of anilines is 1. The average molecular weight is 440 g/mol. The highest BCUT2D eigenvalue weighted by Gasteiger charge is 2.24. The number of alkyl halides is 3. The van der Waals surface area contributed by atoms with Crippen molar-refractivity contribution in [2.45, 2.75) is 3.79 Å². The van der Waals surface area contributed by atoms with Gasteiger partial charge in [0.05, 0.1) is 10.9 Å². The number of ether oxygens (including phenoxy) is 1. The Hall–Kier alpha value is -2.16. The van der Waals surface area contributed by atoms with Gasteiger partial charge in [-0.1, -0.05) is 52.1 Å². The van der Waals surface area contributed by atoms with Crippen LogP contribution in [0.2, 0.25) is 0 Å². The summed E-state index contributed by atoms with van der Waals surface area (Å²) in [5.74, 6) is -3.52. The van der Waals surface area contributed by atoms with E-state index in [-0.39, 0.29) is 22.4 Å². The second kappa shape index (κ2) is 7.46. The minimum absolute atomic E-state index is 0.0135. The van der Waals surface area contributed by atoms with E-state index < -0.39 is 39.5 Å². The number of fused-ring (bicyclic) bond motifs is 1. The van der Waals surface area contributed by atoms with Crippen LogP contribution in [0.3, 0.4) is 0 Å². The van der Waals surface area contributed by atoms with Crippen LogP contribution in [0.25, 0.3) is 22.1 Å². The van der Waals surface area contributed by atoms with Crippen molar-refractivity contribution < 1.29 is 27.2 Å². The third-order valence-corrected chi connectivity index (χ3v) is 3.69. The molecule has 0 radical (unpaired) electrons. The van der Waals surface area contributed by atoms with Gasteiger partial charge in [-0.2, -0.15) is 0 Å². The van der Waals surface area contributed by atoms with Crippen LogP contribution in [-0.2, 0) is 4.74 Å². The number of nitrogens with zero attached hydrogens (tertiary/aromatic N) is 1. The largest absolute Gasteiger partial charge is 0.445 e. The quantitative estimate of drug-likeness (QED) is 0.522. The highest BCUT2D eigenvalue weighted by Crippen LogP contribution is 2.37. The van der Waals surface area contributed by atoms with Crippen molar-refractivity contribution in [3.8, 4) is 11.1 Å². The van der Waals surface area contributed by atoms with E-state index in [2.05, 4.69) is 10.5 Å². The molecule has 0 aliphatic rings. The van der Waals surface area contributed by atoms with Gasteiger partial charge in [0.2, 0.25) is 3.79 Å². The Morgan fingerprint density at radius 3 is 2.48 bits per heavy atom. The summed E-state index contributed by atoms with van der Waals surface area (Å²) >= 11 is 16.5. The molecule has 0 bridgehead atoms. The van der Waals surface area contributed by atoms with Gasteiger partial charge in [-0.05, 0) is 6.07 Å². The van der Waals surface area contributed by atoms with Gasteiger partial charge < -0.3 is 9.26 Å². The predicted octanol–water partition coefficient (Wildman–Crippen LogP) is 5.83. The van der Waals surface area contributed by atoms with E-state index in [0.29, 0.717) is 12.1 Å². The number of hydrogen-bond donors (Lipinski definition) is 1. The van der Waals surface area contributed by atoms with Crippen LogP contribution in [0.15, 0.2) is 34.9 Å². The lowest BCUT2D eigenvalue weighted by Crippen LogP contribution is -2.21. The summed E-state index contributed by atoms with van der Waals surface area (Å²) < 4.78 is 49.5. The molecular formula is C16H8Cl3F3N2O3. The molecule has 0 saturated carbocycles. The number of rotatable bonds is 3. The van der Waals surface area contributed by atoms with Crippen molar-refractivity contribution in [1.29, 1.82) is 0 Å². The van der Waals surface area contributed by atoms with Crippen LogP contribution in [0.1, 0.15) is 0 Å². The van der Waals surface area contributed by atoms with Gasteiger partial charge in [-0.25, -0.2) is 18.0 Å². The Morgan fingerprint density at radius 2 is 1.85 bits per heavy atom. The highest BCUT2D eigenvalue weighted by molar-refractivity contribution is 6.67. The minimum Gasteiger partial charge on any atom is -0.445 e. The molecule has 3 rings (SSSR count). The summed E-state index contributed by atoms with van der Waals surface area (Å²) in [4.78, 5) is 11.8. The van der Waals surface area contributed by atoms with E-state index >= 15 is 0 Å². The standard InChI is InChI=1S/C16H8Cl3F3N2O3/c17-16(18,19)6-26-15(25)23-14-13-8(2-1-3-11(13)27-24-14)12-9(21)4-7(20)5-10(12)22/h1-5H,6H2,(H,23,24,25). The number of hydrogen-bond acceptors (Lipinski definition) is 4. The lowest BCUT2D eigenvalue weighted by Gasteiger charge is -2.11. The minimum atomic E-state index is -1.82. The first-order chi connectivity index (χ1) is 12.7. The Morgan fingerprint density at radius 1 is 1.19 bits per heavy atom. The molecule has 11 heteroatoms. The second-order valence-electron chi connectivity index (χ2n) is 5.27. The summed E-state index contributed by atoms with van der Waals surface area (Å²) in [5.41, 5.74) is -0.407. The molecule has 0 fully saturated rings. The van der Waals surface area contributed by atoms with Crippen molar-refractivity contribution in [2.24, 2.45) is 0 Å². The van der Waals surface area contributed by atoms with Crippen LogP contribution in [-0.4, -0.2) is 21.6 Å². The second-order valence-corrected chi connectivity index (χ2v) is 7.79. The average Bonchev–Trinajstić information content (AvgIpc) is 2.95. The summed E-state index contributed by atoms with van der Waals surface area (Å²) in [6.07, 6.45) is -1.04. The lowest BCUT2D eigenvalue weighted by atomic mass is 10.0. The summed E-state index contributed by atoms with van der Waals surface area (Å²) in [7, 11) is 0. The first-order valence-electron chi connectivity index (χ1n) is 7.19. The Bertz CT molecular complexity index is 998. The topological polar surface area (TPSA) is 64.4 Å². The monoisotopic (exact) mass is 438 g/mol. The smallest absolute Gasteiger partial charge is 0.413 e. The fraction of sp³-hybridized carbons (Fsp3) is 0.125. The highest BCUT2D eigenvalue weighted by atomic mass is 35.6. The van der Waals surface area contributed by atoms with Crippen LogP contribution in [0.4, 0.5) is 23.8 Å². The maximum atomic E-state index is 14.2. The number of benzene rings is 2. The number of carbonyl (C=O) groups excluding carboxylic acids is 1. The van der Waals surface area contributed by atoms with Gasteiger partial charge in [0.25, 0.3) is 0 Å². The molecule has 1 amide bonds. The SMILES string of the molecule is O=C(Nc1noc2cccc(-c3c(F)cc(F)cc3F)c12)OCC(Cl)(Cl)Cl. The zero-order valence-electron chi connectivity index (χ0n) is 13.0. The van der Waals surface area contributed by atoms with Crippen LogP contribution in [0.5, 0.6) is 0 Å². The van der Waals surface area contributed by atoms with Crippen molar-refractivity contribution in [3.05, 3.63) is 47.8 Å². The number of amides is 1. The van der Waals surface area contributed by atoms with E-state index in [4.69, 9.17) is 44.1 Å². The maximum Gasteiger partial charge on any atom is 0.413 e. The first-order valence-corrected chi connectivity index (χ1v) is 8.33. The molecule has 3 aromatic rings. The molecule has 2 aromatic carbocycles. The van der Waals surface area contributed by atoms with Gasteiger partial charge in [0, 0.05) is 17.7 Å². The predicted molar refractivity (Wildman–Crippen MR) is 94.6 cm³/mol. The first kappa shape index (κ1) is 19.6. The van der Waals surface area contributed by atoms with E-state index in [9.17, 15) is 18.0 Å². The van der Waals surface area contributed by atoms with Gasteiger partial charge in [-0.15, -0.1) is 0 Å². The third-order valence-electron chi connectivity index (χ3n) is 3.36. The molecule has 1 heterocycles. The van der Waals surface area contributed by atoms with Gasteiger partial charge >= 0.3 is 6.09 Å².